The highest BCUT2D eigenvalue weighted by Crippen LogP contribution is 2.39. The van der Waals surface area contributed by atoms with E-state index in [2.05, 4.69) is 34.6 Å². The molecular weight excluding hydrogens is 586 g/mol. The molecule has 2 N–H and O–H groups in total. The Hall–Kier alpha value is -4.89. The number of carbonyl (C=O) groups is 1. The number of hydrogen-bond donors (Lipinski definition) is 2. The molecule has 45 heavy (non-hydrogen) atoms. The zero-order chi connectivity index (χ0) is 31.4. The number of H-pyrrole nitrogens is 1. The second-order valence-electron chi connectivity index (χ2n) is 10.1. The number of aromatic amines is 1. The fourth-order valence-electron chi connectivity index (χ4n) is 4.80. The first-order valence-electron chi connectivity index (χ1n) is 14.8. The first-order chi connectivity index (χ1) is 22.1. The molecule has 0 spiro atoms. The molecular formula is C36H37N3O5S. The Morgan fingerprint density at radius 2 is 1.40 bits per heavy atom. The Labute approximate surface area is 268 Å². The Kier molecular flexibility index (Phi) is 11.0. The largest absolute Gasteiger partial charge is 0.496 e. The predicted octanol–water partition coefficient (Wildman–Crippen LogP) is 8.36. The summed E-state index contributed by atoms with van der Waals surface area (Å²) in [7, 11) is 4.61. The fourth-order valence-corrected chi connectivity index (χ4v) is 5.67. The molecule has 0 bridgehead atoms. The molecule has 0 saturated carbocycles. The average molecular weight is 624 g/mol. The van der Waals surface area contributed by atoms with Gasteiger partial charge in [0.1, 0.15) is 28.7 Å². The molecule has 5 rings (SSSR count). The molecule has 4 aromatic carbocycles. The van der Waals surface area contributed by atoms with E-state index in [-0.39, 0.29) is 5.91 Å². The van der Waals surface area contributed by atoms with Crippen molar-refractivity contribution < 1.29 is 23.7 Å². The fraction of sp³-hybridized carbons (Fsp3) is 0.222. The maximum atomic E-state index is 12.9. The highest BCUT2D eigenvalue weighted by molar-refractivity contribution is 7.99. The van der Waals surface area contributed by atoms with E-state index in [1.165, 1.54) is 14.2 Å². The summed E-state index contributed by atoms with van der Waals surface area (Å²) in [6.45, 7) is 0.605. The first-order valence-corrected chi connectivity index (χ1v) is 15.8. The van der Waals surface area contributed by atoms with Gasteiger partial charge >= 0.3 is 0 Å². The van der Waals surface area contributed by atoms with Crippen LogP contribution >= 0.6 is 11.8 Å². The van der Waals surface area contributed by atoms with E-state index in [0.717, 1.165) is 58.4 Å². The molecule has 0 saturated heterocycles. The van der Waals surface area contributed by atoms with Crippen molar-refractivity contribution in [1.82, 2.24) is 9.97 Å². The topological polar surface area (TPSA) is 94.7 Å². The normalized spacial score (nSPS) is 10.7. The van der Waals surface area contributed by atoms with Crippen molar-refractivity contribution in [1.29, 1.82) is 0 Å². The van der Waals surface area contributed by atoms with Crippen LogP contribution in [0.25, 0.3) is 22.5 Å². The van der Waals surface area contributed by atoms with Crippen molar-refractivity contribution in [2.45, 2.75) is 24.4 Å². The highest BCUT2D eigenvalue weighted by Gasteiger charge is 2.17. The van der Waals surface area contributed by atoms with Crippen LogP contribution in [0.1, 0.15) is 29.6 Å². The molecule has 9 heteroatoms. The summed E-state index contributed by atoms with van der Waals surface area (Å²) in [4.78, 5) is 21.4. The summed E-state index contributed by atoms with van der Waals surface area (Å²) in [5.74, 6) is 2.84. The van der Waals surface area contributed by atoms with Crippen LogP contribution in [0.4, 0.5) is 5.69 Å². The van der Waals surface area contributed by atoms with Gasteiger partial charge in [0.25, 0.3) is 5.91 Å². The van der Waals surface area contributed by atoms with Crippen molar-refractivity contribution >= 4 is 23.4 Å². The van der Waals surface area contributed by atoms with Gasteiger partial charge < -0.3 is 29.2 Å². The molecule has 8 nitrogen and oxygen atoms in total. The van der Waals surface area contributed by atoms with E-state index in [4.69, 9.17) is 23.9 Å². The number of nitrogens with zero attached hydrogens (tertiary/aromatic N) is 1. The van der Waals surface area contributed by atoms with E-state index in [9.17, 15) is 4.79 Å². The molecule has 1 aromatic heterocycles. The van der Waals surface area contributed by atoms with Gasteiger partial charge in [0, 0.05) is 34.6 Å². The van der Waals surface area contributed by atoms with Gasteiger partial charge in [0.2, 0.25) is 0 Å². The van der Waals surface area contributed by atoms with Gasteiger partial charge in [-0.05, 0) is 43.5 Å². The second-order valence-corrected chi connectivity index (χ2v) is 11.2. The molecule has 0 atom stereocenters. The van der Waals surface area contributed by atoms with Gasteiger partial charge in [-0.2, -0.15) is 0 Å². The summed E-state index contributed by atoms with van der Waals surface area (Å²) in [6.07, 6.45) is 3.02. The number of thioether (sulfide) groups is 1. The predicted molar refractivity (Wildman–Crippen MR) is 180 cm³/mol. The SMILES string of the molecule is COc1cc(OC)c(NC(=O)c2ccc(OCCCCCSc3nc(-c4ccccc4)c(-c4ccccc4)[nH]3)cc2)c(OC)c1. The molecule has 0 aliphatic rings. The van der Waals surface area contributed by atoms with E-state index in [1.54, 1.807) is 55.3 Å². The van der Waals surface area contributed by atoms with Gasteiger partial charge in [-0.3, -0.25) is 4.79 Å². The van der Waals surface area contributed by atoms with Gasteiger partial charge in [-0.15, -0.1) is 0 Å². The molecule has 1 amide bonds. The zero-order valence-electron chi connectivity index (χ0n) is 25.7. The number of benzene rings is 4. The monoisotopic (exact) mass is 623 g/mol. The zero-order valence-corrected chi connectivity index (χ0v) is 26.5. The molecule has 1 heterocycles. The summed E-state index contributed by atoms with van der Waals surface area (Å²) in [5, 5.41) is 3.81. The molecule has 5 aromatic rings. The molecule has 232 valence electrons. The van der Waals surface area contributed by atoms with E-state index < -0.39 is 0 Å². The van der Waals surface area contributed by atoms with Crippen LogP contribution in [0.2, 0.25) is 0 Å². The third-order valence-corrected chi connectivity index (χ3v) is 8.12. The van der Waals surface area contributed by atoms with Crippen LogP contribution in [-0.2, 0) is 0 Å². The summed E-state index contributed by atoms with van der Waals surface area (Å²) in [6, 6.07) is 31.1. The van der Waals surface area contributed by atoms with Gasteiger partial charge in [0.05, 0.1) is 39.3 Å². The Balaban J connectivity index is 1.07. The number of hydrogen-bond acceptors (Lipinski definition) is 7. The lowest BCUT2D eigenvalue weighted by Crippen LogP contribution is -2.13. The Bertz CT molecular complexity index is 1590. The lowest BCUT2D eigenvalue weighted by molar-refractivity contribution is 0.102. The quantitative estimate of drug-likeness (QED) is 0.0894. The number of unbranched alkanes of at least 4 members (excludes halogenated alkanes) is 2. The van der Waals surface area contributed by atoms with Crippen molar-refractivity contribution in [3.8, 4) is 45.5 Å². The number of carbonyl (C=O) groups excluding carboxylic acids is 1. The van der Waals surface area contributed by atoms with Crippen LogP contribution in [0.5, 0.6) is 23.0 Å². The van der Waals surface area contributed by atoms with Crippen molar-refractivity contribution in [2.24, 2.45) is 0 Å². The number of aromatic nitrogens is 2. The van der Waals surface area contributed by atoms with Crippen molar-refractivity contribution in [3.05, 3.63) is 103 Å². The third-order valence-electron chi connectivity index (χ3n) is 7.16. The van der Waals surface area contributed by atoms with Gasteiger partial charge in [-0.25, -0.2) is 4.98 Å². The van der Waals surface area contributed by atoms with Crippen LogP contribution in [0, 0.1) is 0 Å². The molecule has 0 aliphatic heterocycles. The number of anilines is 1. The number of amides is 1. The average Bonchev–Trinajstić information content (AvgIpc) is 3.53. The summed E-state index contributed by atoms with van der Waals surface area (Å²) >= 11 is 1.74. The van der Waals surface area contributed by atoms with Gasteiger partial charge in [0.15, 0.2) is 5.16 Å². The number of methoxy groups -OCH3 is 3. The van der Waals surface area contributed by atoms with E-state index in [1.807, 2.05) is 36.4 Å². The lowest BCUT2D eigenvalue weighted by atomic mass is 10.1. The third kappa shape index (κ3) is 8.19. The minimum atomic E-state index is -0.288. The van der Waals surface area contributed by atoms with Crippen LogP contribution < -0.4 is 24.3 Å². The number of nitrogens with one attached hydrogen (secondary N) is 2. The summed E-state index contributed by atoms with van der Waals surface area (Å²) < 4.78 is 22.1. The molecule has 0 unspecified atom stereocenters. The van der Waals surface area contributed by atoms with E-state index >= 15 is 0 Å². The number of ether oxygens (including phenoxy) is 4. The van der Waals surface area contributed by atoms with Crippen LogP contribution in [0.3, 0.4) is 0 Å². The van der Waals surface area contributed by atoms with Crippen LogP contribution in [-0.4, -0.2) is 49.6 Å². The molecule has 0 fully saturated rings. The molecule has 0 radical (unpaired) electrons. The smallest absolute Gasteiger partial charge is 0.255 e. The first kappa shape index (κ1) is 31.5. The number of rotatable bonds is 15. The second kappa shape index (κ2) is 15.7. The number of imidazole rings is 1. The van der Waals surface area contributed by atoms with E-state index in [0.29, 0.717) is 35.1 Å². The molecule has 0 aliphatic carbocycles. The standard InChI is InChI=1S/C36H37N3O5S/c1-41-29-23-30(42-2)34(31(24-29)43-3)37-35(40)27-17-19-28(20-18-27)44-21-11-6-12-22-45-36-38-32(25-13-7-4-8-14-25)33(39-36)26-15-9-5-10-16-26/h4-5,7-10,13-20,23-24H,6,11-12,21-22H2,1-3H3,(H,37,40)(H,38,39). The minimum absolute atomic E-state index is 0.288. The Morgan fingerprint density at radius 1 is 0.756 bits per heavy atom. The van der Waals surface area contributed by atoms with Crippen molar-refractivity contribution in [3.63, 3.8) is 0 Å². The summed E-state index contributed by atoms with van der Waals surface area (Å²) in [5.41, 5.74) is 5.16. The minimum Gasteiger partial charge on any atom is -0.496 e. The highest BCUT2D eigenvalue weighted by atomic mass is 32.2. The maximum Gasteiger partial charge on any atom is 0.255 e. The lowest BCUT2D eigenvalue weighted by Gasteiger charge is -2.16. The maximum absolute atomic E-state index is 12.9. The van der Waals surface area contributed by atoms with Gasteiger partial charge in [-0.1, -0.05) is 72.4 Å². The Morgan fingerprint density at radius 3 is 2.02 bits per heavy atom. The van der Waals surface area contributed by atoms with Crippen LogP contribution in [0.15, 0.2) is 102 Å². The van der Waals surface area contributed by atoms with Crippen molar-refractivity contribution in [2.75, 3.05) is 39.0 Å².